The van der Waals surface area contributed by atoms with Gasteiger partial charge in [0.2, 0.25) is 5.95 Å². The van der Waals surface area contributed by atoms with Crippen molar-refractivity contribution in [2.24, 2.45) is 0 Å². The summed E-state index contributed by atoms with van der Waals surface area (Å²) in [6.07, 6.45) is 2.68. The molecule has 0 aliphatic heterocycles. The van der Waals surface area contributed by atoms with Crippen LogP contribution in [0.5, 0.6) is 0 Å². The van der Waals surface area contributed by atoms with Crippen LogP contribution in [0.1, 0.15) is 34.7 Å². The van der Waals surface area contributed by atoms with E-state index in [1.54, 1.807) is 0 Å². The Morgan fingerprint density at radius 1 is 1.08 bits per heavy atom. The molecule has 0 amide bonds. The number of aromatic nitrogens is 2. The van der Waals surface area contributed by atoms with E-state index in [0.29, 0.717) is 22.7 Å². The molecule has 4 nitrogen and oxygen atoms in total. The second-order valence-corrected chi connectivity index (χ2v) is 6.53. The van der Waals surface area contributed by atoms with Crippen molar-refractivity contribution < 1.29 is 0 Å². The summed E-state index contributed by atoms with van der Waals surface area (Å²) in [7, 11) is 0. The number of H-pyrrole nitrogens is 1. The molecule has 3 N–H and O–H groups in total. The van der Waals surface area contributed by atoms with Gasteiger partial charge < -0.3 is 5.73 Å². The predicted molar refractivity (Wildman–Crippen MR) is 101 cm³/mol. The number of hydrogen-bond acceptors (Lipinski definition) is 3. The van der Waals surface area contributed by atoms with Gasteiger partial charge in [0.1, 0.15) is 0 Å². The number of nitrogens with one attached hydrogen (secondary N) is 1. The summed E-state index contributed by atoms with van der Waals surface area (Å²) in [4.78, 5) is 19.5. The Morgan fingerprint density at radius 2 is 1.80 bits per heavy atom. The SMILES string of the molecule is Nc1nc2c(c(=O)[nH]1)C(c1ccc(Cl)cc1)CC(c1ccccc1)=C2. The Labute approximate surface area is 150 Å². The molecule has 25 heavy (non-hydrogen) atoms. The van der Waals surface area contributed by atoms with Crippen LogP contribution in [0.4, 0.5) is 5.95 Å². The first-order valence-electron chi connectivity index (χ1n) is 8.03. The normalized spacial score (nSPS) is 16.2. The Kier molecular flexibility index (Phi) is 3.90. The first-order valence-corrected chi connectivity index (χ1v) is 8.41. The fraction of sp³-hybridized carbons (Fsp3) is 0.100. The summed E-state index contributed by atoms with van der Waals surface area (Å²) in [6.45, 7) is 0. The third-order valence-electron chi connectivity index (χ3n) is 4.50. The molecule has 1 atom stereocenters. The molecule has 0 saturated heterocycles. The summed E-state index contributed by atoms with van der Waals surface area (Å²) in [5, 5.41) is 0.669. The van der Waals surface area contributed by atoms with Crippen LogP contribution in [0.25, 0.3) is 11.6 Å². The maximum Gasteiger partial charge on any atom is 0.256 e. The van der Waals surface area contributed by atoms with Crippen LogP contribution >= 0.6 is 11.6 Å². The van der Waals surface area contributed by atoms with Gasteiger partial charge in [0.05, 0.1) is 11.3 Å². The summed E-state index contributed by atoms with van der Waals surface area (Å²) in [5.41, 5.74) is 10.1. The van der Waals surface area contributed by atoms with Crippen LogP contribution < -0.4 is 11.3 Å². The summed E-state index contributed by atoms with van der Waals surface area (Å²) < 4.78 is 0. The number of nitrogens with zero attached hydrogens (tertiary/aromatic N) is 1. The number of nitrogens with two attached hydrogens (primary N) is 1. The van der Waals surface area contributed by atoms with Gasteiger partial charge in [0, 0.05) is 10.9 Å². The van der Waals surface area contributed by atoms with Gasteiger partial charge in [-0.15, -0.1) is 0 Å². The number of hydrogen-bond donors (Lipinski definition) is 2. The van der Waals surface area contributed by atoms with Crippen molar-refractivity contribution >= 4 is 29.2 Å². The molecule has 1 aliphatic rings. The van der Waals surface area contributed by atoms with Gasteiger partial charge in [-0.1, -0.05) is 54.1 Å². The predicted octanol–water partition coefficient (Wildman–Crippen LogP) is 4.08. The highest BCUT2D eigenvalue weighted by Gasteiger charge is 2.27. The Balaban J connectivity index is 1.91. The van der Waals surface area contributed by atoms with Gasteiger partial charge in [-0.2, -0.15) is 0 Å². The molecule has 0 saturated carbocycles. The topological polar surface area (TPSA) is 71.8 Å². The maximum absolute atomic E-state index is 12.5. The van der Waals surface area contributed by atoms with E-state index in [9.17, 15) is 4.79 Å². The Morgan fingerprint density at radius 3 is 2.52 bits per heavy atom. The van der Waals surface area contributed by atoms with Crippen molar-refractivity contribution in [3.8, 4) is 0 Å². The number of halogens is 1. The third kappa shape index (κ3) is 2.96. The molecule has 124 valence electrons. The lowest BCUT2D eigenvalue weighted by Crippen LogP contribution is -2.24. The summed E-state index contributed by atoms with van der Waals surface area (Å²) in [5.74, 6) is 0.0356. The highest BCUT2D eigenvalue weighted by atomic mass is 35.5. The van der Waals surface area contributed by atoms with Crippen molar-refractivity contribution in [1.29, 1.82) is 0 Å². The molecule has 4 rings (SSSR count). The molecule has 0 radical (unpaired) electrons. The molecule has 1 heterocycles. The van der Waals surface area contributed by atoms with E-state index in [0.717, 1.165) is 16.7 Å². The minimum atomic E-state index is -0.189. The fourth-order valence-electron chi connectivity index (χ4n) is 3.34. The molecule has 0 spiro atoms. The summed E-state index contributed by atoms with van der Waals surface area (Å²) >= 11 is 6.02. The van der Waals surface area contributed by atoms with Gasteiger partial charge in [-0.25, -0.2) is 4.98 Å². The molecule has 0 fully saturated rings. The average Bonchev–Trinajstić information content (AvgIpc) is 2.62. The zero-order valence-corrected chi connectivity index (χ0v) is 14.1. The molecular weight excluding hydrogens is 334 g/mol. The number of benzene rings is 2. The van der Waals surface area contributed by atoms with Gasteiger partial charge in [-0.3, -0.25) is 9.78 Å². The number of aromatic amines is 1. The Hall–Kier alpha value is -2.85. The molecule has 1 aliphatic carbocycles. The van der Waals surface area contributed by atoms with Crippen molar-refractivity contribution in [2.75, 3.05) is 5.73 Å². The van der Waals surface area contributed by atoms with Crippen LogP contribution in [-0.2, 0) is 0 Å². The van der Waals surface area contributed by atoms with E-state index < -0.39 is 0 Å². The van der Waals surface area contributed by atoms with E-state index in [4.69, 9.17) is 17.3 Å². The highest BCUT2D eigenvalue weighted by Crippen LogP contribution is 2.39. The van der Waals surface area contributed by atoms with Crippen molar-refractivity contribution in [3.63, 3.8) is 0 Å². The number of allylic oxidation sites excluding steroid dienone is 1. The average molecular weight is 350 g/mol. The molecule has 1 unspecified atom stereocenters. The quantitative estimate of drug-likeness (QED) is 0.732. The van der Waals surface area contributed by atoms with E-state index in [1.807, 2.05) is 48.5 Å². The number of fused-ring (bicyclic) bond motifs is 1. The van der Waals surface area contributed by atoms with E-state index in [2.05, 4.69) is 22.1 Å². The number of rotatable bonds is 2. The second kappa shape index (κ2) is 6.22. The summed E-state index contributed by atoms with van der Waals surface area (Å²) in [6, 6.07) is 17.7. The van der Waals surface area contributed by atoms with E-state index in [-0.39, 0.29) is 17.4 Å². The van der Waals surface area contributed by atoms with Crippen LogP contribution in [0.15, 0.2) is 59.4 Å². The van der Waals surface area contributed by atoms with Crippen LogP contribution in [0.2, 0.25) is 5.02 Å². The molecule has 5 heteroatoms. The lowest BCUT2D eigenvalue weighted by molar-refractivity contribution is 0.800. The van der Waals surface area contributed by atoms with Crippen LogP contribution in [-0.4, -0.2) is 9.97 Å². The lowest BCUT2D eigenvalue weighted by atomic mass is 9.79. The monoisotopic (exact) mass is 349 g/mol. The van der Waals surface area contributed by atoms with E-state index in [1.165, 1.54) is 0 Å². The highest BCUT2D eigenvalue weighted by molar-refractivity contribution is 6.30. The first-order chi connectivity index (χ1) is 12.1. The smallest absolute Gasteiger partial charge is 0.256 e. The minimum Gasteiger partial charge on any atom is -0.369 e. The Bertz CT molecular complexity index is 1010. The molecule has 0 bridgehead atoms. The van der Waals surface area contributed by atoms with Gasteiger partial charge >= 0.3 is 0 Å². The standard InChI is InChI=1S/C20H16ClN3O/c21-15-8-6-13(7-9-15)16-10-14(12-4-2-1-3-5-12)11-17-18(16)19(25)24-20(22)23-17/h1-9,11,16H,10H2,(H3,22,23,24,25). The molecule has 2 aromatic carbocycles. The largest absolute Gasteiger partial charge is 0.369 e. The van der Waals surface area contributed by atoms with Crippen molar-refractivity contribution in [3.05, 3.63) is 92.4 Å². The maximum atomic E-state index is 12.5. The molecule has 3 aromatic rings. The lowest BCUT2D eigenvalue weighted by Gasteiger charge is -2.25. The number of nitrogen functional groups attached to an aromatic ring is 1. The molecular formula is C20H16ClN3O. The van der Waals surface area contributed by atoms with Crippen LogP contribution in [0.3, 0.4) is 0 Å². The number of anilines is 1. The zero-order valence-electron chi connectivity index (χ0n) is 13.4. The van der Waals surface area contributed by atoms with Crippen LogP contribution in [0, 0.1) is 0 Å². The van der Waals surface area contributed by atoms with Gasteiger partial charge in [-0.05, 0) is 41.3 Å². The zero-order chi connectivity index (χ0) is 17.4. The first kappa shape index (κ1) is 15.7. The fourth-order valence-corrected chi connectivity index (χ4v) is 3.47. The van der Waals surface area contributed by atoms with Gasteiger partial charge in [0.25, 0.3) is 5.56 Å². The third-order valence-corrected chi connectivity index (χ3v) is 4.76. The van der Waals surface area contributed by atoms with E-state index >= 15 is 0 Å². The molecule has 1 aromatic heterocycles. The van der Waals surface area contributed by atoms with Crippen molar-refractivity contribution in [1.82, 2.24) is 9.97 Å². The van der Waals surface area contributed by atoms with Crippen molar-refractivity contribution in [2.45, 2.75) is 12.3 Å². The second-order valence-electron chi connectivity index (χ2n) is 6.09. The van der Waals surface area contributed by atoms with Gasteiger partial charge in [0.15, 0.2) is 0 Å². The minimum absolute atomic E-state index is 0.0932.